The SMILES string of the molecule is COC(=O)c1ccc2c(c1)nc(Nc1cccc(Cl)c1)c1nc(NCCC(N)=O)ncc12. The summed E-state index contributed by atoms with van der Waals surface area (Å²) in [5.41, 5.74) is 7.42. The van der Waals surface area contributed by atoms with Crippen molar-refractivity contribution < 1.29 is 14.3 Å². The first kappa shape index (κ1) is 21.3. The van der Waals surface area contributed by atoms with E-state index in [0.717, 1.165) is 16.5 Å². The summed E-state index contributed by atoms with van der Waals surface area (Å²) in [5.74, 6) is -0.0866. The molecule has 0 saturated carbocycles. The number of nitrogens with zero attached hydrogens (tertiary/aromatic N) is 3. The number of halogens is 1. The molecule has 0 spiro atoms. The average molecular weight is 451 g/mol. The Balaban J connectivity index is 1.85. The molecule has 0 atom stereocenters. The molecule has 2 heterocycles. The van der Waals surface area contributed by atoms with Crippen LogP contribution in [0, 0.1) is 0 Å². The maximum Gasteiger partial charge on any atom is 0.337 e. The molecule has 0 bridgehead atoms. The quantitative estimate of drug-likeness (QED) is 0.287. The summed E-state index contributed by atoms with van der Waals surface area (Å²) in [7, 11) is 1.33. The van der Waals surface area contributed by atoms with Crippen molar-refractivity contribution in [3.8, 4) is 0 Å². The van der Waals surface area contributed by atoms with Gasteiger partial charge in [0.05, 0.1) is 18.2 Å². The third-order valence-electron chi connectivity index (χ3n) is 4.70. The Morgan fingerprint density at radius 2 is 1.97 bits per heavy atom. The van der Waals surface area contributed by atoms with Crippen molar-refractivity contribution in [3.05, 3.63) is 59.2 Å². The molecule has 0 unspecified atom stereocenters. The van der Waals surface area contributed by atoms with E-state index in [1.54, 1.807) is 36.5 Å². The van der Waals surface area contributed by atoms with Gasteiger partial charge in [-0.1, -0.05) is 23.7 Å². The highest BCUT2D eigenvalue weighted by Gasteiger charge is 2.15. The van der Waals surface area contributed by atoms with Gasteiger partial charge in [0, 0.05) is 40.6 Å². The fraction of sp³-hybridized carbons (Fsp3) is 0.136. The second-order valence-corrected chi connectivity index (χ2v) is 7.35. The van der Waals surface area contributed by atoms with E-state index in [2.05, 4.69) is 20.6 Å². The number of hydrogen-bond donors (Lipinski definition) is 3. The van der Waals surface area contributed by atoms with Crippen LogP contribution in [0.4, 0.5) is 17.5 Å². The highest BCUT2D eigenvalue weighted by Crippen LogP contribution is 2.31. The van der Waals surface area contributed by atoms with Gasteiger partial charge in [-0.15, -0.1) is 0 Å². The number of pyridine rings is 1. The smallest absolute Gasteiger partial charge is 0.337 e. The second-order valence-electron chi connectivity index (χ2n) is 6.92. The topological polar surface area (TPSA) is 132 Å². The van der Waals surface area contributed by atoms with Gasteiger partial charge in [-0.2, -0.15) is 0 Å². The number of primary amides is 1. The normalized spacial score (nSPS) is 10.8. The van der Waals surface area contributed by atoms with Gasteiger partial charge in [-0.25, -0.2) is 19.7 Å². The minimum absolute atomic E-state index is 0.154. The highest BCUT2D eigenvalue weighted by atomic mass is 35.5. The zero-order valence-corrected chi connectivity index (χ0v) is 17.8. The third-order valence-corrected chi connectivity index (χ3v) is 4.93. The molecule has 0 saturated heterocycles. The average Bonchev–Trinajstić information content (AvgIpc) is 2.78. The predicted octanol–water partition coefficient (Wildman–Crippen LogP) is 3.65. The molecule has 1 amide bonds. The minimum atomic E-state index is -0.455. The fourth-order valence-electron chi connectivity index (χ4n) is 3.20. The third kappa shape index (κ3) is 4.52. The van der Waals surface area contributed by atoms with Gasteiger partial charge in [-0.05, 0) is 30.3 Å². The molecule has 2 aromatic carbocycles. The Morgan fingerprint density at radius 1 is 1.12 bits per heavy atom. The summed E-state index contributed by atoms with van der Waals surface area (Å²) in [6, 6.07) is 12.3. The number of carbonyl (C=O) groups is 2. The first-order valence-corrected chi connectivity index (χ1v) is 10.1. The highest BCUT2D eigenvalue weighted by molar-refractivity contribution is 6.30. The van der Waals surface area contributed by atoms with Gasteiger partial charge < -0.3 is 21.1 Å². The van der Waals surface area contributed by atoms with Crippen LogP contribution in [-0.2, 0) is 9.53 Å². The lowest BCUT2D eigenvalue weighted by molar-refractivity contribution is -0.117. The van der Waals surface area contributed by atoms with Crippen molar-refractivity contribution in [3.63, 3.8) is 0 Å². The molecule has 10 heteroatoms. The van der Waals surface area contributed by atoms with E-state index in [4.69, 9.17) is 27.1 Å². The van der Waals surface area contributed by atoms with Crippen LogP contribution < -0.4 is 16.4 Å². The number of ether oxygens (including phenoxy) is 1. The number of anilines is 3. The summed E-state index contributed by atoms with van der Waals surface area (Å²) in [5, 5.41) is 8.30. The van der Waals surface area contributed by atoms with Crippen molar-refractivity contribution in [1.29, 1.82) is 0 Å². The van der Waals surface area contributed by atoms with Crippen molar-refractivity contribution in [2.75, 3.05) is 24.3 Å². The lowest BCUT2D eigenvalue weighted by atomic mass is 10.1. The Bertz CT molecular complexity index is 1340. The van der Waals surface area contributed by atoms with E-state index in [1.807, 2.05) is 12.1 Å². The fourth-order valence-corrected chi connectivity index (χ4v) is 3.39. The zero-order valence-electron chi connectivity index (χ0n) is 17.1. The van der Waals surface area contributed by atoms with Crippen LogP contribution in [0.1, 0.15) is 16.8 Å². The molecule has 0 radical (unpaired) electrons. The van der Waals surface area contributed by atoms with Crippen LogP contribution in [0.2, 0.25) is 5.02 Å². The van der Waals surface area contributed by atoms with Gasteiger partial charge in [0.25, 0.3) is 0 Å². The standard InChI is InChI=1S/C22H19ClN6O3/c1-32-21(31)12-5-6-15-16-11-26-22(25-8-7-18(24)30)29-19(16)20(28-17(15)9-12)27-14-4-2-3-13(23)10-14/h2-6,9-11H,7-8H2,1H3,(H2,24,30)(H,27,28)(H,25,26,29). The number of carbonyl (C=O) groups excluding carboxylic acids is 2. The largest absolute Gasteiger partial charge is 0.465 e. The molecule has 4 N–H and O–H groups in total. The summed E-state index contributed by atoms with van der Waals surface area (Å²) in [6.07, 6.45) is 1.82. The van der Waals surface area contributed by atoms with E-state index >= 15 is 0 Å². The van der Waals surface area contributed by atoms with E-state index < -0.39 is 11.9 Å². The van der Waals surface area contributed by atoms with Gasteiger partial charge in [-0.3, -0.25) is 4.79 Å². The predicted molar refractivity (Wildman–Crippen MR) is 123 cm³/mol. The van der Waals surface area contributed by atoms with Crippen LogP contribution in [-0.4, -0.2) is 40.5 Å². The Morgan fingerprint density at radius 3 is 2.72 bits per heavy atom. The molecule has 9 nitrogen and oxygen atoms in total. The van der Waals surface area contributed by atoms with E-state index in [-0.39, 0.29) is 6.42 Å². The van der Waals surface area contributed by atoms with Crippen LogP contribution in [0.15, 0.2) is 48.7 Å². The Kier molecular flexibility index (Phi) is 6.00. The molecule has 0 aliphatic rings. The van der Waals surface area contributed by atoms with Crippen molar-refractivity contribution in [2.24, 2.45) is 5.73 Å². The molecular weight excluding hydrogens is 432 g/mol. The first-order chi connectivity index (χ1) is 15.4. The number of fused-ring (bicyclic) bond motifs is 3. The number of nitrogens with two attached hydrogens (primary N) is 1. The second kappa shape index (κ2) is 9.03. The number of benzene rings is 2. The lowest BCUT2D eigenvalue weighted by Gasteiger charge is -2.13. The van der Waals surface area contributed by atoms with E-state index in [1.165, 1.54) is 7.11 Å². The molecule has 0 aliphatic heterocycles. The van der Waals surface area contributed by atoms with Crippen molar-refractivity contribution in [1.82, 2.24) is 15.0 Å². The van der Waals surface area contributed by atoms with Crippen LogP contribution in [0.5, 0.6) is 0 Å². The summed E-state index contributed by atoms with van der Waals surface area (Å²) >= 11 is 6.12. The summed E-state index contributed by atoms with van der Waals surface area (Å²) < 4.78 is 4.82. The molecule has 162 valence electrons. The zero-order chi connectivity index (χ0) is 22.7. The van der Waals surface area contributed by atoms with E-state index in [9.17, 15) is 9.59 Å². The number of nitrogens with one attached hydrogen (secondary N) is 2. The maximum atomic E-state index is 12.0. The van der Waals surface area contributed by atoms with Gasteiger partial charge in [0.1, 0.15) is 5.52 Å². The molecule has 4 aromatic rings. The Hall–Kier alpha value is -3.98. The molecule has 32 heavy (non-hydrogen) atoms. The number of rotatable bonds is 7. The number of aromatic nitrogens is 3. The van der Waals surface area contributed by atoms with E-state index in [0.29, 0.717) is 39.9 Å². The van der Waals surface area contributed by atoms with Gasteiger partial charge in [0.2, 0.25) is 11.9 Å². The number of hydrogen-bond acceptors (Lipinski definition) is 8. The van der Waals surface area contributed by atoms with Crippen LogP contribution in [0.3, 0.4) is 0 Å². The molecule has 4 rings (SSSR count). The number of amides is 1. The molecule has 0 aliphatic carbocycles. The monoisotopic (exact) mass is 450 g/mol. The molecular formula is C22H19ClN6O3. The van der Waals surface area contributed by atoms with Gasteiger partial charge in [0.15, 0.2) is 5.82 Å². The molecule has 2 aromatic heterocycles. The lowest BCUT2D eigenvalue weighted by Crippen LogP contribution is -2.16. The molecule has 0 fully saturated rings. The Labute approximate surface area is 188 Å². The van der Waals surface area contributed by atoms with Crippen LogP contribution in [0.25, 0.3) is 21.8 Å². The van der Waals surface area contributed by atoms with Crippen molar-refractivity contribution in [2.45, 2.75) is 6.42 Å². The summed E-state index contributed by atoms with van der Waals surface area (Å²) in [6.45, 7) is 0.307. The minimum Gasteiger partial charge on any atom is -0.465 e. The maximum absolute atomic E-state index is 12.0. The first-order valence-electron chi connectivity index (χ1n) is 9.68. The number of esters is 1. The van der Waals surface area contributed by atoms with Gasteiger partial charge >= 0.3 is 5.97 Å². The van der Waals surface area contributed by atoms with Crippen molar-refractivity contribution >= 4 is 62.7 Å². The number of methoxy groups -OCH3 is 1. The van der Waals surface area contributed by atoms with Crippen LogP contribution >= 0.6 is 11.6 Å². The summed E-state index contributed by atoms with van der Waals surface area (Å²) in [4.78, 5) is 36.6.